The van der Waals surface area contributed by atoms with Gasteiger partial charge in [0.1, 0.15) is 0 Å². The van der Waals surface area contributed by atoms with E-state index < -0.39 is 0 Å². The van der Waals surface area contributed by atoms with Crippen molar-refractivity contribution in [3.8, 4) is 0 Å². The van der Waals surface area contributed by atoms with Crippen LogP contribution in [0.2, 0.25) is 0 Å². The molecule has 1 aliphatic carbocycles. The van der Waals surface area contributed by atoms with E-state index in [2.05, 4.69) is 5.32 Å². The summed E-state index contributed by atoms with van der Waals surface area (Å²) in [6.07, 6.45) is 8.09. The summed E-state index contributed by atoms with van der Waals surface area (Å²) in [7, 11) is 0. The first-order valence-corrected chi connectivity index (χ1v) is 7.35. The molecule has 2 rings (SSSR count). The predicted octanol–water partition coefficient (Wildman–Crippen LogP) is 1.14. The minimum atomic E-state index is 0.247. The average molecular weight is 254 g/mol. The Kier molecular flexibility index (Phi) is 5.01. The molecule has 1 heterocycles. The first-order chi connectivity index (χ1) is 8.76. The summed E-state index contributed by atoms with van der Waals surface area (Å²) in [6, 6.07) is 0. The quantitative estimate of drug-likeness (QED) is 0.747. The van der Waals surface area contributed by atoms with Gasteiger partial charge in [0.15, 0.2) is 0 Å². The third-order valence-corrected chi connectivity index (χ3v) is 4.33. The van der Waals surface area contributed by atoms with E-state index in [1.807, 2.05) is 4.90 Å². The molecule has 0 aromatic heterocycles. The highest BCUT2D eigenvalue weighted by Crippen LogP contribution is 2.47. The van der Waals surface area contributed by atoms with Crippen LogP contribution in [0, 0.1) is 5.41 Å². The van der Waals surface area contributed by atoms with Crippen molar-refractivity contribution in [1.29, 1.82) is 0 Å². The Hall–Kier alpha value is -0.610. The highest BCUT2D eigenvalue weighted by Gasteiger charge is 2.41. The zero-order valence-electron chi connectivity index (χ0n) is 11.3. The van der Waals surface area contributed by atoms with Gasteiger partial charge in [-0.25, -0.2) is 0 Å². The lowest BCUT2D eigenvalue weighted by molar-refractivity contribution is -0.130. The first kappa shape index (κ1) is 13.8. The lowest BCUT2D eigenvalue weighted by Crippen LogP contribution is -2.40. The monoisotopic (exact) mass is 254 g/mol. The molecule has 1 saturated heterocycles. The highest BCUT2D eigenvalue weighted by molar-refractivity contribution is 5.78. The smallest absolute Gasteiger partial charge is 0.236 e. The molecule has 18 heavy (non-hydrogen) atoms. The van der Waals surface area contributed by atoms with Crippen LogP contribution in [0.1, 0.15) is 44.9 Å². The van der Waals surface area contributed by atoms with E-state index in [1.165, 1.54) is 25.7 Å². The molecular formula is C14H26N2O2. The molecule has 0 spiro atoms. The molecule has 2 fully saturated rings. The van der Waals surface area contributed by atoms with Crippen molar-refractivity contribution in [2.45, 2.75) is 44.9 Å². The number of nitrogens with zero attached hydrogens (tertiary/aromatic N) is 1. The van der Waals surface area contributed by atoms with Crippen molar-refractivity contribution < 1.29 is 9.90 Å². The molecule has 1 saturated carbocycles. The molecule has 4 heteroatoms. The lowest BCUT2D eigenvalue weighted by atomic mass is 10.0. The fraction of sp³-hybridized carbons (Fsp3) is 0.929. The van der Waals surface area contributed by atoms with Crippen molar-refractivity contribution in [1.82, 2.24) is 10.2 Å². The van der Waals surface area contributed by atoms with Crippen LogP contribution in [0.4, 0.5) is 0 Å². The van der Waals surface area contributed by atoms with E-state index in [0.717, 1.165) is 38.9 Å². The third-order valence-electron chi connectivity index (χ3n) is 4.33. The van der Waals surface area contributed by atoms with Crippen molar-refractivity contribution in [3.05, 3.63) is 0 Å². The molecule has 0 unspecified atom stereocenters. The van der Waals surface area contributed by atoms with Crippen LogP contribution in [-0.4, -0.2) is 48.7 Å². The topological polar surface area (TPSA) is 52.6 Å². The molecule has 0 aromatic carbocycles. The largest absolute Gasteiger partial charge is 0.396 e. The van der Waals surface area contributed by atoms with Gasteiger partial charge in [0.2, 0.25) is 5.91 Å². The number of likely N-dealkylation sites (tertiary alicyclic amines) is 1. The number of aliphatic hydroxyl groups excluding tert-OH is 1. The number of aliphatic hydroxyl groups is 1. The van der Waals surface area contributed by atoms with Crippen LogP contribution < -0.4 is 5.32 Å². The van der Waals surface area contributed by atoms with Crippen LogP contribution in [0.5, 0.6) is 0 Å². The van der Waals surface area contributed by atoms with Crippen molar-refractivity contribution >= 4 is 5.91 Å². The number of amides is 1. The summed E-state index contributed by atoms with van der Waals surface area (Å²) in [5.41, 5.74) is 0.299. The van der Waals surface area contributed by atoms with E-state index in [-0.39, 0.29) is 12.5 Å². The summed E-state index contributed by atoms with van der Waals surface area (Å²) >= 11 is 0. The number of carbonyl (C=O) groups excluding carboxylic acids is 1. The second-order valence-electron chi connectivity index (χ2n) is 5.87. The number of nitrogens with one attached hydrogen (secondary N) is 1. The van der Waals surface area contributed by atoms with Gasteiger partial charge < -0.3 is 15.3 Å². The summed E-state index contributed by atoms with van der Waals surface area (Å²) in [6.45, 7) is 3.48. The van der Waals surface area contributed by atoms with Gasteiger partial charge >= 0.3 is 0 Å². The Morgan fingerprint density at radius 1 is 1.17 bits per heavy atom. The average Bonchev–Trinajstić information content (AvgIpc) is 3.13. The fourth-order valence-corrected chi connectivity index (χ4v) is 2.80. The second kappa shape index (κ2) is 6.53. The molecule has 0 radical (unpaired) electrons. The SMILES string of the molecule is O=C(CNCC1(CCO)CC1)N1CCCCCC1. The van der Waals surface area contributed by atoms with Gasteiger partial charge in [-0.05, 0) is 37.5 Å². The van der Waals surface area contributed by atoms with Crippen molar-refractivity contribution in [2.24, 2.45) is 5.41 Å². The number of rotatable bonds is 6. The zero-order chi connectivity index (χ0) is 12.8. The Bertz CT molecular complexity index is 269. The fourth-order valence-electron chi connectivity index (χ4n) is 2.80. The molecule has 0 aromatic rings. The Morgan fingerprint density at radius 2 is 1.83 bits per heavy atom. The van der Waals surface area contributed by atoms with Crippen molar-refractivity contribution in [3.63, 3.8) is 0 Å². The molecule has 0 bridgehead atoms. The molecule has 2 aliphatic rings. The molecular weight excluding hydrogens is 228 g/mol. The molecule has 0 atom stereocenters. The molecule has 4 nitrogen and oxygen atoms in total. The van der Waals surface area contributed by atoms with E-state index in [1.54, 1.807) is 0 Å². The maximum Gasteiger partial charge on any atom is 0.236 e. The third kappa shape index (κ3) is 3.95. The van der Waals surface area contributed by atoms with Crippen LogP contribution >= 0.6 is 0 Å². The zero-order valence-corrected chi connectivity index (χ0v) is 11.3. The Labute approximate surface area is 110 Å². The van der Waals surface area contributed by atoms with Crippen LogP contribution in [0.3, 0.4) is 0 Å². The van der Waals surface area contributed by atoms with E-state index in [9.17, 15) is 4.79 Å². The number of carbonyl (C=O) groups is 1. The molecule has 2 N–H and O–H groups in total. The van der Waals surface area contributed by atoms with Gasteiger partial charge in [-0.2, -0.15) is 0 Å². The van der Waals surface area contributed by atoms with Gasteiger partial charge in [-0.15, -0.1) is 0 Å². The van der Waals surface area contributed by atoms with Crippen LogP contribution in [0.25, 0.3) is 0 Å². The normalized spacial score (nSPS) is 22.6. The van der Waals surface area contributed by atoms with E-state index in [4.69, 9.17) is 5.11 Å². The Balaban J connectivity index is 1.65. The van der Waals surface area contributed by atoms with E-state index in [0.29, 0.717) is 12.0 Å². The maximum absolute atomic E-state index is 12.0. The van der Waals surface area contributed by atoms with Crippen LogP contribution in [-0.2, 0) is 4.79 Å². The first-order valence-electron chi connectivity index (χ1n) is 7.35. The Morgan fingerprint density at radius 3 is 2.39 bits per heavy atom. The molecule has 104 valence electrons. The van der Waals surface area contributed by atoms with Gasteiger partial charge in [-0.1, -0.05) is 12.8 Å². The minimum Gasteiger partial charge on any atom is -0.396 e. The summed E-state index contributed by atoms with van der Waals surface area (Å²) in [5, 5.41) is 12.3. The van der Waals surface area contributed by atoms with Gasteiger partial charge in [-0.3, -0.25) is 4.79 Å². The maximum atomic E-state index is 12.0. The van der Waals surface area contributed by atoms with Gasteiger partial charge in [0, 0.05) is 26.2 Å². The van der Waals surface area contributed by atoms with Gasteiger partial charge in [0.05, 0.1) is 6.54 Å². The minimum absolute atomic E-state index is 0.247. The molecule has 1 amide bonds. The number of hydrogen-bond acceptors (Lipinski definition) is 3. The predicted molar refractivity (Wildman–Crippen MR) is 71.3 cm³/mol. The van der Waals surface area contributed by atoms with E-state index >= 15 is 0 Å². The second-order valence-corrected chi connectivity index (χ2v) is 5.87. The van der Waals surface area contributed by atoms with Gasteiger partial charge in [0.25, 0.3) is 0 Å². The number of hydrogen-bond donors (Lipinski definition) is 2. The van der Waals surface area contributed by atoms with Crippen LogP contribution in [0.15, 0.2) is 0 Å². The molecule has 1 aliphatic heterocycles. The van der Waals surface area contributed by atoms with Crippen molar-refractivity contribution in [2.75, 3.05) is 32.8 Å². The summed E-state index contributed by atoms with van der Waals surface area (Å²) in [5.74, 6) is 0.247. The summed E-state index contributed by atoms with van der Waals surface area (Å²) < 4.78 is 0. The summed E-state index contributed by atoms with van der Waals surface area (Å²) in [4.78, 5) is 14.0. The standard InChI is InChI=1S/C14H26N2O2/c17-10-7-14(5-6-14)12-15-11-13(18)16-8-3-1-2-4-9-16/h15,17H,1-12H2. The lowest BCUT2D eigenvalue weighted by Gasteiger charge is -2.21. The highest BCUT2D eigenvalue weighted by atomic mass is 16.3.